The summed E-state index contributed by atoms with van der Waals surface area (Å²) < 4.78 is 4.79. The minimum atomic E-state index is -0.333. The van der Waals surface area contributed by atoms with E-state index in [1.54, 1.807) is 62.4 Å². The Labute approximate surface area is 308 Å². The molecule has 0 saturated carbocycles. The van der Waals surface area contributed by atoms with Gasteiger partial charge < -0.3 is 10.6 Å². The smallest absolute Gasteiger partial charge is 0.311 e. The second-order valence-electron chi connectivity index (χ2n) is 10.4. The minimum Gasteiger partial charge on any atom is -0.466 e. The monoisotopic (exact) mass is 756 g/mol. The van der Waals surface area contributed by atoms with Crippen LogP contribution in [0.4, 0.5) is 0 Å². The van der Waals surface area contributed by atoms with E-state index in [9.17, 15) is 14.4 Å². The molecule has 0 bridgehead atoms. The molecule has 0 saturated heterocycles. The van der Waals surface area contributed by atoms with Crippen molar-refractivity contribution in [3.05, 3.63) is 119 Å². The van der Waals surface area contributed by atoms with E-state index in [1.165, 1.54) is 0 Å². The van der Waals surface area contributed by atoms with Gasteiger partial charge in [0, 0.05) is 21.2 Å². The molecule has 5 aromatic rings. The number of aromatic amines is 1. The number of aryl methyl sites for hydroxylation is 3. The second kappa shape index (κ2) is 18.9. The zero-order valence-electron chi connectivity index (χ0n) is 27.6. The highest BCUT2D eigenvalue weighted by Gasteiger charge is 2.19. The number of nitrogens with two attached hydrogens (primary N) is 1. The lowest BCUT2D eigenvalue weighted by Gasteiger charge is -2.12. The molecule has 0 aliphatic heterocycles. The van der Waals surface area contributed by atoms with Crippen LogP contribution >= 0.6 is 46.4 Å². The number of carbonyl (C=O) groups excluding carboxylic acids is 2. The van der Waals surface area contributed by atoms with Crippen LogP contribution in [-0.2, 0) is 16.0 Å². The lowest BCUT2D eigenvalue weighted by atomic mass is 9.96. The maximum atomic E-state index is 12.4. The van der Waals surface area contributed by atoms with Crippen molar-refractivity contribution >= 4 is 63.9 Å². The first-order chi connectivity index (χ1) is 23.7. The first kappa shape index (κ1) is 39.7. The number of halogens is 4. The van der Waals surface area contributed by atoms with E-state index in [1.807, 2.05) is 32.9 Å². The number of rotatable bonds is 7. The minimum absolute atomic E-state index is 0.143. The number of ketones is 1. The Kier molecular flexibility index (Phi) is 15.0. The van der Waals surface area contributed by atoms with E-state index < -0.39 is 0 Å². The maximum Gasteiger partial charge on any atom is 0.311 e. The average Bonchev–Trinajstić information content (AvgIpc) is 3.08. The molecule has 12 nitrogen and oxygen atoms in total. The van der Waals surface area contributed by atoms with E-state index in [2.05, 4.69) is 35.7 Å². The Balaban J connectivity index is 0.000000217. The number of hydrazone groups is 1. The number of Topliss-reactive ketones (excluding diaryl/α,β-unsaturated/α-hetero) is 1. The van der Waals surface area contributed by atoms with Crippen LogP contribution in [0.2, 0.25) is 20.4 Å². The van der Waals surface area contributed by atoms with Crippen LogP contribution in [0.15, 0.2) is 70.6 Å². The van der Waals surface area contributed by atoms with Crippen LogP contribution in [-0.4, -0.2) is 54.7 Å². The van der Waals surface area contributed by atoms with Crippen LogP contribution in [0, 0.1) is 20.8 Å². The Hall–Kier alpha value is -4.75. The summed E-state index contributed by atoms with van der Waals surface area (Å²) in [5.41, 5.74) is 5.80. The lowest BCUT2D eigenvalue weighted by Crippen LogP contribution is -2.15. The number of aromatic nitrogens is 6. The number of ether oxygens (including phenoxy) is 1. The predicted octanol–water partition coefficient (Wildman–Crippen LogP) is 7.22. The van der Waals surface area contributed by atoms with Crippen molar-refractivity contribution < 1.29 is 14.3 Å². The number of nitrogens with zero attached hydrogens (tertiary/aromatic N) is 6. The number of esters is 1. The summed E-state index contributed by atoms with van der Waals surface area (Å²) in [6.07, 6.45) is 0.143. The molecular weight excluding hydrogens is 726 g/mol. The van der Waals surface area contributed by atoms with Gasteiger partial charge in [0.25, 0.3) is 5.56 Å². The van der Waals surface area contributed by atoms with E-state index >= 15 is 0 Å². The summed E-state index contributed by atoms with van der Waals surface area (Å²) in [6, 6.07) is 17.1. The molecule has 0 aliphatic rings. The molecule has 0 unspecified atom stereocenters. The summed E-state index contributed by atoms with van der Waals surface area (Å²) in [6.45, 7) is 9.18. The zero-order chi connectivity index (χ0) is 37.0. The molecule has 16 heteroatoms. The van der Waals surface area contributed by atoms with Gasteiger partial charge >= 0.3 is 5.97 Å². The summed E-state index contributed by atoms with van der Waals surface area (Å²) in [5, 5.41) is 27.1. The number of hydrogen-bond acceptors (Lipinski definition) is 11. The van der Waals surface area contributed by atoms with Gasteiger partial charge in [-0.05, 0) is 99.8 Å². The van der Waals surface area contributed by atoms with Crippen molar-refractivity contribution in [3.8, 4) is 22.4 Å². The van der Waals surface area contributed by atoms with E-state index in [0.29, 0.717) is 55.6 Å². The first-order valence-electron chi connectivity index (χ1n) is 14.8. The third kappa shape index (κ3) is 11.1. The quantitative estimate of drug-likeness (QED) is 0.0566. The highest BCUT2D eigenvalue weighted by Crippen LogP contribution is 2.32. The molecule has 3 N–H and O–H groups in total. The molecule has 260 valence electrons. The third-order valence-electron chi connectivity index (χ3n) is 6.79. The second-order valence-corrected chi connectivity index (χ2v) is 12.1. The molecule has 0 aliphatic carbocycles. The predicted molar refractivity (Wildman–Crippen MR) is 196 cm³/mol. The molecule has 5 rings (SSSR count). The summed E-state index contributed by atoms with van der Waals surface area (Å²) in [4.78, 5) is 35.0. The normalized spacial score (nSPS) is 10.7. The molecule has 3 aromatic heterocycles. The molecule has 3 heterocycles. The SMILES string of the molecule is C/C(=N/N)C(=O)c1ccc(Cl)cc1.CCOC(=O)Cc1nnc(Cl)cc1C.Cc1cc(Cl)nnc1-c1c(-c2ccc(Cl)cc2)c(C)n[nH]c1=O. The topological polar surface area (TPSA) is 179 Å². The fourth-order valence-corrected chi connectivity index (χ4v) is 4.96. The van der Waals surface area contributed by atoms with Crippen molar-refractivity contribution in [2.75, 3.05) is 6.61 Å². The van der Waals surface area contributed by atoms with Crippen LogP contribution in [0.3, 0.4) is 0 Å². The van der Waals surface area contributed by atoms with E-state index in [-0.39, 0.29) is 34.6 Å². The Morgan fingerprint density at radius 3 is 1.92 bits per heavy atom. The maximum absolute atomic E-state index is 12.4. The Morgan fingerprint density at radius 1 is 0.820 bits per heavy atom. The largest absolute Gasteiger partial charge is 0.466 e. The van der Waals surface area contributed by atoms with Crippen LogP contribution in [0.1, 0.15) is 46.7 Å². The first-order valence-corrected chi connectivity index (χ1v) is 16.3. The molecule has 2 aromatic carbocycles. The molecular formula is C34H32Cl4N8O4. The molecule has 50 heavy (non-hydrogen) atoms. The summed E-state index contributed by atoms with van der Waals surface area (Å²) in [7, 11) is 0. The fourth-order valence-electron chi connectivity index (χ4n) is 4.31. The highest BCUT2D eigenvalue weighted by atomic mass is 35.5. The van der Waals surface area contributed by atoms with Crippen molar-refractivity contribution in [2.24, 2.45) is 10.9 Å². The average molecular weight is 758 g/mol. The van der Waals surface area contributed by atoms with Crippen molar-refractivity contribution in [3.63, 3.8) is 0 Å². The summed E-state index contributed by atoms with van der Waals surface area (Å²) >= 11 is 23.1. The van der Waals surface area contributed by atoms with Crippen molar-refractivity contribution in [1.29, 1.82) is 0 Å². The van der Waals surface area contributed by atoms with Gasteiger partial charge in [-0.3, -0.25) is 14.4 Å². The standard InChI is InChI=1S/C16H12Cl2N4O.C9H11ClN2O2.C9H9ClN2O/c1-8-7-12(18)20-21-15(8)14-13(9(2)19-22-16(14)23)10-3-5-11(17)6-4-10;1-3-14-9(13)5-7-6(2)4-8(10)12-11-7;1-6(12-11)9(13)7-2-4-8(10)5-3-7/h3-7H,1-2H3,(H,22,23);4H,3,5H2,1-2H3;2-5H,11H2,1H3/b;;12-6-. The molecule has 0 spiro atoms. The van der Waals surface area contributed by atoms with Gasteiger partial charge in [-0.15, -0.1) is 15.3 Å². The van der Waals surface area contributed by atoms with E-state index in [4.69, 9.17) is 57.0 Å². The van der Waals surface area contributed by atoms with Gasteiger partial charge in [-0.25, -0.2) is 5.10 Å². The molecule has 0 radical (unpaired) electrons. The molecule has 0 fully saturated rings. The number of hydrogen-bond donors (Lipinski definition) is 2. The number of H-pyrrole nitrogens is 1. The zero-order valence-corrected chi connectivity index (χ0v) is 30.6. The van der Waals surface area contributed by atoms with Crippen LogP contribution < -0.4 is 11.4 Å². The van der Waals surface area contributed by atoms with Gasteiger partial charge in [-0.1, -0.05) is 58.5 Å². The fraction of sp³-hybridized carbons (Fsp3) is 0.206. The van der Waals surface area contributed by atoms with Gasteiger partial charge in [0.2, 0.25) is 5.78 Å². The molecule has 0 atom stereocenters. The van der Waals surface area contributed by atoms with Gasteiger partial charge in [0.1, 0.15) is 11.4 Å². The van der Waals surface area contributed by atoms with Gasteiger partial charge in [0.05, 0.1) is 30.0 Å². The van der Waals surface area contributed by atoms with Crippen molar-refractivity contribution in [2.45, 2.75) is 41.0 Å². The summed E-state index contributed by atoms with van der Waals surface area (Å²) in [5.74, 6) is 4.50. The number of carbonyl (C=O) groups is 2. The lowest BCUT2D eigenvalue weighted by molar-refractivity contribution is -0.142. The molecule has 0 amide bonds. The van der Waals surface area contributed by atoms with Crippen LogP contribution in [0.5, 0.6) is 0 Å². The van der Waals surface area contributed by atoms with Crippen molar-refractivity contribution in [1.82, 2.24) is 30.6 Å². The Morgan fingerprint density at radius 2 is 1.38 bits per heavy atom. The van der Waals surface area contributed by atoms with Crippen LogP contribution in [0.25, 0.3) is 22.4 Å². The van der Waals surface area contributed by atoms with Gasteiger partial charge in [-0.2, -0.15) is 15.3 Å². The van der Waals surface area contributed by atoms with E-state index in [0.717, 1.165) is 16.7 Å². The Bertz CT molecular complexity index is 2060. The number of nitrogens with one attached hydrogen (secondary N) is 1. The van der Waals surface area contributed by atoms with Gasteiger partial charge in [0.15, 0.2) is 10.3 Å². The highest BCUT2D eigenvalue weighted by molar-refractivity contribution is 6.45. The number of benzene rings is 2. The third-order valence-corrected chi connectivity index (χ3v) is 7.66.